The van der Waals surface area contributed by atoms with Crippen molar-refractivity contribution in [2.45, 2.75) is 12.4 Å². The van der Waals surface area contributed by atoms with Crippen LogP contribution in [-0.4, -0.2) is 17.1 Å². The zero-order chi connectivity index (χ0) is 7.49. The van der Waals surface area contributed by atoms with E-state index in [1.54, 1.807) is 0 Å². The average molecular weight is 116 g/mol. The lowest BCUT2D eigenvalue weighted by molar-refractivity contribution is -0.138. The first-order valence-electron chi connectivity index (χ1n) is 2.64. The van der Waals surface area contributed by atoms with E-state index >= 15 is 0 Å². The molecule has 0 aromatic carbocycles. The molecule has 0 aromatic heterocycles. The van der Waals surface area contributed by atoms with Crippen molar-refractivity contribution < 1.29 is 11.3 Å². The normalized spacial score (nSPS) is 18.4. The van der Waals surface area contributed by atoms with E-state index in [9.17, 15) is 4.79 Å². The van der Waals surface area contributed by atoms with Crippen LogP contribution in [0.3, 0.4) is 0 Å². The van der Waals surface area contributed by atoms with Crippen LogP contribution in [0.25, 0.3) is 0 Å². The fraction of sp³-hybridized carbons (Fsp3) is 0.400. The Morgan fingerprint density at radius 2 is 2.75 bits per heavy atom. The lowest BCUT2D eigenvalue weighted by Gasteiger charge is -1.98. The molecule has 0 rings (SSSR count). The Kier molecular flexibility index (Phi) is 2.13. The molecule has 3 heteroatoms. The van der Waals surface area contributed by atoms with Crippen molar-refractivity contribution in [2.75, 3.05) is 0 Å². The molecular weight excluding hydrogens is 106 g/mol. The van der Waals surface area contributed by atoms with Crippen LogP contribution in [-0.2, 0) is 4.79 Å². The third-order valence-corrected chi connectivity index (χ3v) is 0.639. The molecular formula is C5H9NO2. The number of carboxylic acids is 1. The molecule has 0 aromatic rings. The van der Waals surface area contributed by atoms with E-state index < -0.39 is 12.0 Å². The molecule has 0 radical (unpaired) electrons. The summed E-state index contributed by atoms with van der Waals surface area (Å²) in [5.41, 5.74) is 4.97. The van der Waals surface area contributed by atoms with E-state index in [-0.39, 0.29) is 6.42 Å². The lowest BCUT2D eigenvalue weighted by Crippen LogP contribution is -2.28. The number of hydrogen-bond donors (Lipinski definition) is 2. The molecule has 0 saturated carbocycles. The standard InChI is InChI=1S/C5H9NO2/c1-2-3-4(6)5(7)8/h2,4H,1,3,6H2,(H,7,8)/t4-/m0/s1/i4D. The van der Waals surface area contributed by atoms with Gasteiger partial charge in [0.25, 0.3) is 0 Å². The Bertz CT molecular complexity index is 133. The summed E-state index contributed by atoms with van der Waals surface area (Å²) in [5, 5.41) is 8.21. The predicted molar refractivity (Wildman–Crippen MR) is 30.4 cm³/mol. The molecule has 0 fully saturated rings. The number of carboxylic acid groups (broad SMARTS) is 1. The van der Waals surface area contributed by atoms with Crippen molar-refractivity contribution in [3.63, 3.8) is 0 Å². The van der Waals surface area contributed by atoms with Gasteiger partial charge < -0.3 is 10.8 Å². The monoisotopic (exact) mass is 116 g/mol. The van der Waals surface area contributed by atoms with Gasteiger partial charge in [0.05, 0.1) is 1.37 Å². The predicted octanol–water partition coefficient (Wildman–Crippen LogP) is -0.0256. The molecule has 1 atom stereocenters. The second kappa shape index (κ2) is 3.21. The number of rotatable bonds is 3. The molecule has 3 nitrogen and oxygen atoms in total. The molecule has 0 heterocycles. The Morgan fingerprint density at radius 3 is 2.88 bits per heavy atom. The van der Waals surface area contributed by atoms with Crippen LogP contribution in [0.15, 0.2) is 12.7 Å². The van der Waals surface area contributed by atoms with Gasteiger partial charge in [-0.2, -0.15) is 0 Å². The third-order valence-electron chi connectivity index (χ3n) is 0.639. The van der Waals surface area contributed by atoms with Gasteiger partial charge in [-0.15, -0.1) is 6.58 Å². The highest BCUT2D eigenvalue weighted by atomic mass is 16.4. The van der Waals surface area contributed by atoms with Crippen molar-refractivity contribution >= 4 is 5.97 Å². The van der Waals surface area contributed by atoms with Gasteiger partial charge in [-0.05, 0) is 6.42 Å². The fourth-order valence-corrected chi connectivity index (χ4v) is 0.243. The summed E-state index contributed by atoms with van der Waals surface area (Å²) in [4.78, 5) is 10.1. The highest BCUT2D eigenvalue weighted by Crippen LogP contribution is 1.86. The first-order chi connectivity index (χ1) is 4.00. The molecule has 0 unspecified atom stereocenters. The van der Waals surface area contributed by atoms with E-state index in [2.05, 4.69) is 6.58 Å². The molecule has 0 amide bonds. The second-order valence-electron chi connectivity index (χ2n) is 1.32. The van der Waals surface area contributed by atoms with Gasteiger partial charge >= 0.3 is 5.97 Å². The molecule has 8 heavy (non-hydrogen) atoms. The van der Waals surface area contributed by atoms with Crippen LogP contribution in [0.5, 0.6) is 0 Å². The first-order valence-corrected chi connectivity index (χ1v) is 2.14. The van der Waals surface area contributed by atoms with E-state index in [0.717, 1.165) is 0 Å². The van der Waals surface area contributed by atoms with Gasteiger partial charge in [0.15, 0.2) is 0 Å². The molecule has 46 valence electrons. The summed E-state index contributed by atoms with van der Waals surface area (Å²) < 4.78 is 6.89. The minimum absolute atomic E-state index is 0.0394. The zero-order valence-electron chi connectivity index (χ0n) is 5.42. The smallest absolute Gasteiger partial charge is 0.320 e. The quantitative estimate of drug-likeness (QED) is 0.509. The minimum atomic E-state index is -1.90. The van der Waals surface area contributed by atoms with E-state index in [1.165, 1.54) is 6.08 Å². The van der Waals surface area contributed by atoms with Gasteiger partial charge in [-0.1, -0.05) is 6.08 Å². The third kappa shape index (κ3) is 2.36. The second-order valence-corrected chi connectivity index (χ2v) is 1.32. The zero-order valence-corrected chi connectivity index (χ0v) is 4.42. The van der Waals surface area contributed by atoms with Crippen LogP contribution in [0.4, 0.5) is 0 Å². The SMILES string of the molecule is [2H][C@](N)(CC=C)C(=O)O. The van der Waals surface area contributed by atoms with Gasteiger partial charge in [0.1, 0.15) is 6.02 Å². The maximum atomic E-state index is 10.1. The number of carbonyl (C=O) groups is 1. The summed E-state index contributed by atoms with van der Waals surface area (Å²) in [6, 6.07) is -1.90. The molecule has 0 spiro atoms. The fourth-order valence-electron chi connectivity index (χ4n) is 0.243. The maximum Gasteiger partial charge on any atom is 0.320 e. The molecule has 0 aliphatic heterocycles. The van der Waals surface area contributed by atoms with Crippen molar-refractivity contribution in [1.29, 1.82) is 0 Å². The van der Waals surface area contributed by atoms with Crippen molar-refractivity contribution in [2.24, 2.45) is 5.73 Å². The number of aliphatic carboxylic acids is 1. The first kappa shape index (κ1) is 5.31. The highest BCUT2D eigenvalue weighted by molar-refractivity contribution is 5.73. The molecule has 3 N–H and O–H groups in total. The van der Waals surface area contributed by atoms with E-state index in [1.807, 2.05) is 0 Å². The van der Waals surface area contributed by atoms with Crippen molar-refractivity contribution in [1.82, 2.24) is 0 Å². The summed E-state index contributed by atoms with van der Waals surface area (Å²) in [7, 11) is 0. The van der Waals surface area contributed by atoms with Crippen LogP contribution >= 0.6 is 0 Å². The average Bonchev–Trinajstić information content (AvgIpc) is 1.65. The Balaban J connectivity index is 4.00. The molecule has 0 bridgehead atoms. The van der Waals surface area contributed by atoms with E-state index in [0.29, 0.717) is 0 Å². The summed E-state index contributed by atoms with van der Waals surface area (Å²) >= 11 is 0. The summed E-state index contributed by atoms with van der Waals surface area (Å²) in [6.07, 6.45) is 1.27. The van der Waals surface area contributed by atoms with E-state index in [4.69, 9.17) is 12.2 Å². The Morgan fingerprint density at radius 1 is 2.25 bits per heavy atom. The largest absolute Gasteiger partial charge is 0.480 e. The van der Waals surface area contributed by atoms with Crippen LogP contribution in [0.2, 0.25) is 0 Å². The Labute approximate surface area is 49.2 Å². The van der Waals surface area contributed by atoms with Gasteiger partial charge in [-0.3, -0.25) is 4.79 Å². The molecule has 0 aliphatic rings. The van der Waals surface area contributed by atoms with Crippen LogP contribution in [0.1, 0.15) is 7.79 Å². The Hall–Kier alpha value is -0.830. The molecule has 0 saturated heterocycles. The maximum absolute atomic E-state index is 10.1. The topological polar surface area (TPSA) is 63.3 Å². The van der Waals surface area contributed by atoms with Gasteiger partial charge in [-0.25, -0.2) is 0 Å². The van der Waals surface area contributed by atoms with Gasteiger partial charge in [0, 0.05) is 0 Å². The minimum Gasteiger partial charge on any atom is -0.480 e. The summed E-state index contributed by atoms with van der Waals surface area (Å²) in [6.45, 7) is 3.26. The van der Waals surface area contributed by atoms with Crippen molar-refractivity contribution in [3.8, 4) is 0 Å². The number of hydrogen-bond acceptors (Lipinski definition) is 2. The molecule has 0 aliphatic carbocycles. The van der Waals surface area contributed by atoms with Crippen molar-refractivity contribution in [3.05, 3.63) is 12.7 Å². The van der Waals surface area contributed by atoms with Gasteiger partial charge in [0.2, 0.25) is 0 Å². The lowest BCUT2D eigenvalue weighted by atomic mass is 10.2. The number of nitrogens with two attached hydrogens (primary N) is 1. The van der Waals surface area contributed by atoms with Crippen LogP contribution < -0.4 is 5.73 Å². The van der Waals surface area contributed by atoms with Crippen LogP contribution in [0, 0.1) is 0 Å². The highest BCUT2D eigenvalue weighted by Gasteiger charge is 2.06. The summed E-state index contributed by atoms with van der Waals surface area (Å²) in [5.74, 6) is -1.33.